The minimum atomic E-state index is -0.415. The SMILES string of the molecule is CN(C)c1cccc2c1=Nc1ccccc1S=2Cl. The van der Waals surface area contributed by atoms with E-state index in [1.807, 2.05) is 38.4 Å². The van der Waals surface area contributed by atoms with E-state index in [1.54, 1.807) is 0 Å². The van der Waals surface area contributed by atoms with Gasteiger partial charge in [-0.2, -0.15) is 0 Å². The maximum absolute atomic E-state index is 6.60. The molecule has 1 aliphatic rings. The predicted octanol–water partition coefficient (Wildman–Crippen LogP) is 3.75. The minimum Gasteiger partial charge on any atom is -0.376 e. The molecule has 92 valence electrons. The lowest BCUT2D eigenvalue weighted by molar-refractivity contribution is 1.09. The summed E-state index contributed by atoms with van der Waals surface area (Å²) in [5.74, 6) is 0. The van der Waals surface area contributed by atoms with Crippen molar-refractivity contribution < 1.29 is 0 Å². The van der Waals surface area contributed by atoms with Crippen molar-refractivity contribution in [2.75, 3.05) is 19.0 Å². The molecule has 1 heterocycles. The van der Waals surface area contributed by atoms with Gasteiger partial charge in [-0.15, -0.1) is 0 Å². The van der Waals surface area contributed by atoms with E-state index in [0.29, 0.717) is 0 Å². The highest BCUT2D eigenvalue weighted by atomic mass is 35.7. The molecule has 0 aromatic heterocycles. The van der Waals surface area contributed by atoms with E-state index in [1.165, 1.54) is 0 Å². The Morgan fingerprint density at radius 1 is 1.06 bits per heavy atom. The van der Waals surface area contributed by atoms with Crippen molar-refractivity contribution in [3.05, 3.63) is 52.3 Å². The van der Waals surface area contributed by atoms with Crippen LogP contribution in [0.25, 0.3) is 0 Å². The Hall–Kier alpha value is -1.32. The Balaban J connectivity index is 2.45. The normalized spacial score (nSPS) is 16.5. The molecule has 1 aliphatic heterocycles. The molecule has 0 bridgehead atoms. The van der Waals surface area contributed by atoms with Gasteiger partial charge in [0.2, 0.25) is 0 Å². The molecule has 2 aromatic rings. The summed E-state index contributed by atoms with van der Waals surface area (Å²) in [6.07, 6.45) is 0. The average Bonchev–Trinajstić information content (AvgIpc) is 2.38. The van der Waals surface area contributed by atoms with Crippen LogP contribution in [0.15, 0.2) is 52.4 Å². The lowest BCUT2D eigenvalue weighted by Gasteiger charge is -2.16. The second-order valence-electron chi connectivity index (χ2n) is 4.35. The Morgan fingerprint density at radius 2 is 1.83 bits per heavy atom. The minimum absolute atomic E-state index is 0.415. The van der Waals surface area contributed by atoms with Gasteiger partial charge >= 0.3 is 0 Å². The van der Waals surface area contributed by atoms with E-state index < -0.39 is 9.70 Å². The molecule has 0 N–H and O–H groups in total. The molecule has 0 fully saturated rings. The number of nitrogens with zero attached hydrogens (tertiary/aromatic N) is 2. The monoisotopic (exact) mass is 276 g/mol. The van der Waals surface area contributed by atoms with Crippen LogP contribution in [0, 0.1) is 4.51 Å². The number of hydrogen-bond donors (Lipinski definition) is 0. The third-order valence-corrected chi connectivity index (χ3v) is 5.39. The maximum Gasteiger partial charge on any atom is 0.101 e. The lowest BCUT2D eigenvalue weighted by Crippen LogP contribution is -2.20. The molecule has 2 nitrogen and oxygen atoms in total. The number of para-hydroxylation sites is 2. The van der Waals surface area contributed by atoms with Crippen LogP contribution in [0.1, 0.15) is 0 Å². The number of rotatable bonds is 1. The van der Waals surface area contributed by atoms with Gasteiger partial charge in [0.05, 0.1) is 11.4 Å². The summed E-state index contributed by atoms with van der Waals surface area (Å²) in [5, 5.41) is 1.000. The van der Waals surface area contributed by atoms with Crippen molar-refractivity contribution in [2.45, 2.75) is 4.90 Å². The van der Waals surface area contributed by atoms with Crippen molar-refractivity contribution in [3.63, 3.8) is 0 Å². The van der Waals surface area contributed by atoms with E-state index in [4.69, 9.17) is 15.7 Å². The standard InChI is InChI=1S/C14H13ClN2S/c1-17(2)11-7-5-9-13-14(11)16-10-6-3-4-8-12(10)18(13)15/h3-9H,1-2H3. The number of hydrogen-bond acceptors (Lipinski definition) is 2. The summed E-state index contributed by atoms with van der Waals surface area (Å²) in [6.45, 7) is 0. The highest BCUT2D eigenvalue weighted by Gasteiger charge is 2.12. The summed E-state index contributed by atoms with van der Waals surface area (Å²) in [5.41, 5.74) is 2.10. The highest BCUT2D eigenvalue weighted by Crippen LogP contribution is 2.42. The van der Waals surface area contributed by atoms with Crippen molar-refractivity contribution in [3.8, 4) is 0 Å². The Labute approximate surface area is 113 Å². The molecule has 3 rings (SSSR count). The molecule has 1 unspecified atom stereocenters. The molecular formula is C14H13ClN2S. The fourth-order valence-electron chi connectivity index (χ4n) is 2.07. The zero-order chi connectivity index (χ0) is 12.7. The summed E-state index contributed by atoms with van der Waals surface area (Å²) >= 11 is 0. The van der Waals surface area contributed by atoms with E-state index in [-0.39, 0.29) is 0 Å². The van der Waals surface area contributed by atoms with Crippen molar-refractivity contribution >= 4 is 31.8 Å². The molecule has 4 heteroatoms. The van der Waals surface area contributed by atoms with Gasteiger partial charge in [-0.1, -0.05) is 27.9 Å². The molecular weight excluding hydrogens is 264 g/mol. The third kappa shape index (κ3) is 1.74. The summed E-state index contributed by atoms with van der Waals surface area (Å²) < 4.78 is 1.11. The highest BCUT2D eigenvalue weighted by molar-refractivity contribution is 8.29. The Kier molecular flexibility index (Phi) is 2.88. The fraction of sp³-hybridized carbons (Fsp3) is 0.143. The molecule has 1 atom stereocenters. The first-order chi connectivity index (χ1) is 8.68. The van der Waals surface area contributed by atoms with Crippen LogP contribution in [0.4, 0.5) is 11.4 Å². The van der Waals surface area contributed by atoms with Gasteiger partial charge in [0.25, 0.3) is 0 Å². The predicted molar refractivity (Wildman–Crippen MR) is 78.6 cm³/mol. The largest absolute Gasteiger partial charge is 0.376 e. The molecule has 18 heavy (non-hydrogen) atoms. The van der Waals surface area contributed by atoms with Gasteiger partial charge in [-0.25, -0.2) is 4.99 Å². The molecule has 0 radical (unpaired) electrons. The third-order valence-electron chi connectivity index (χ3n) is 2.94. The first-order valence-electron chi connectivity index (χ1n) is 5.70. The van der Waals surface area contributed by atoms with Gasteiger partial charge in [0.15, 0.2) is 0 Å². The van der Waals surface area contributed by atoms with Gasteiger partial charge in [-0.3, -0.25) is 0 Å². The lowest BCUT2D eigenvalue weighted by atomic mass is 10.2. The topological polar surface area (TPSA) is 15.6 Å². The van der Waals surface area contributed by atoms with E-state index in [9.17, 15) is 0 Å². The number of anilines is 1. The van der Waals surface area contributed by atoms with Gasteiger partial charge < -0.3 is 4.90 Å². The molecule has 0 spiro atoms. The van der Waals surface area contributed by atoms with Crippen molar-refractivity contribution in [1.82, 2.24) is 0 Å². The van der Waals surface area contributed by atoms with Gasteiger partial charge in [0, 0.05) is 23.5 Å². The maximum atomic E-state index is 6.60. The van der Waals surface area contributed by atoms with Crippen LogP contribution in [-0.4, -0.2) is 14.1 Å². The molecule has 2 aromatic carbocycles. The fourth-order valence-corrected chi connectivity index (χ4v) is 4.08. The Bertz CT molecular complexity index is 738. The van der Waals surface area contributed by atoms with E-state index in [2.05, 4.69) is 23.1 Å². The van der Waals surface area contributed by atoms with Crippen LogP contribution in [0.2, 0.25) is 0 Å². The molecule has 0 aliphatic carbocycles. The smallest absolute Gasteiger partial charge is 0.101 e. The molecule has 0 saturated heterocycles. The van der Waals surface area contributed by atoms with Crippen molar-refractivity contribution in [1.29, 1.82) is 0 Å². The molecule has 0 saturated carbocycles. The summed E-state index contributed by atoms with van der Waals surface area (Å²) in [6, 6.07) is 14.3. The van der Waals surface area contributed by atoms with Crippen LogP contribution >= 0.6 is 20.4 Å². The number of benzene rings is 2. The zero-order valence-electron chi connectivity index (χ0n) is 10.2. The summed E-state index contributed by atoms with van der Waals surface area (Å²) in [4.78, 5) is 7.95. The second-order valence-corrected chi connectivity index (χ2v) is 6.67. The first-order valence-corrected chi connectivity index (χ1v) is 7.75. The van der Waals surface area contributed by atoms with Gasteiger partial charge in [0.1, 0.15) is 5.36 Å². The Morgan fingerprint density at radius 3 is 2.61 bits per heavy atom. The van der Waals surface area contributed by atoms with E-state index >= 15 is 0 Å². The van der Waals surface area contributed by atoms with Crippen LogP contribution in [0.3, 0.4) is 0 Å². The van der Waals surface area contributed by atoms with Crippen LogP contribution in [-0.2, 0) is 0 Å². The molecule has 0 amide bonds. The van der Waals surface area contributed by atoms with Gasteiger partial charge in [-0.05, 0) is 34.9 Å². The first kappa shape index (κ1) is 11.8. The average molecular weight is 277 g/mol. The quantitative estimate of drug-likeness (QED) is 0.725. The van der Waals surface area contributed by atoms with Crippen LogP contribution in [0.5, 0.6) is 0 Å². The number of halogens is 1. The summed E-state index contributed by atoms with van der Waals surface area (Å²) in [7, 11) is 10.2. The zero-order valence-corrected chi connectivity index (χ0v) is 11.8. The number of fused-ring (bicyclic) bond motifs is 2. The van der Waals surface area contributed by atoms with Crippen molar-refractivity contribution in [2.24, 2.45) is 4.99 Å². The van der Waals surface area contributed by atoms with E-state index in [0.717, 1.165) is 26.1 Å². The van der Waals surface area contributed by atoms with Crippen LogP contribution < -0.4 is 10.3 Å². The second kappa shape index (κ2) is 4.41.